The molecule has 1 aliphatic heterocycles. The molecule has 0 bridgehead atoms. The third kappa shape index (κ3) is 5.71. The Morgan fingerprint density at radius 2 is 1.70 bits per heavy atom. The van der Waals surface area contributed by atoms with Gasteiger partial charge in [0.25, 0.3) is 0 Å². The number of carbonyl (C=O) groups is 1. The number of hydrogen-bond donors (Lipinski definition) is 1. The molecule has 1 heterocycles. The minimum Gasteiger partial charge on any atom is -0.491 e. The van der Waals surface area contributed by atoms with Gasteiger partial charge >= 0.3 is 0 Å². The van der Waals surface area contributed by atoms with Crippen molar-refractivity contribution in [2.24, 2.45) is 0 Å². The van der Waals surface area contributed by atoms with Crippen molar-refractivity contribution in [1.82, 2.24) is 0 Å². The van der Waals surface area contributed by atoms with E-state index in [1.165, 1.54) is 31.7 Å². The van der Waals surface area contributed by atoms with Crippen LogP contribution in [0.15, 0.2) is 48.5 Å². The molecule has 0 spiro atoms. The number of rotatable bonds is 7. The molecule has 0 unspecified atom stereocenters. The number of amides is 1. The zero-order valence-electron chi connectivity index (χ0n) is 15.6. The van der Waals surface area contributed by atoms with Crippen molar-refractivity contribution in [2.75, 3.05) is 29.9 Å². The lowest BCUT2D eigenvalue weighted by atomic mass is 10.2. The van der Waals surface area contributed by atoms with E-state index in [2.05, 4.69) is 16.3 Å². The Labute approximate surface area is 160 Å². The van der Waals surface area contributed by atoms with Crippen LogP contribution in [0.5, 0.6) is 5.75 Å². The van der Waals surface area contributed by atoms with E-state index in [1.807, 2.05) is 18.2 Å². The molecular formula is C22H27FN2O2. The first-order chi connectivity index (χ1) is 13.2. The minimum absolute atomic E-state index is 0.0468. The summed E-state index contributed by atoms with van der Waals surface area (Å²) >= 11 is 0. The molecule has 3 rings (SSSR count). The van der Waals surface area contributed by atoms with Crippen LogP contribution in [0.25, 0.3) is 0 Å². The monoisotopic (exact) mass is 370 g/mol. The third-order valence-corrected chi connectivity index (χ3v) is 4.77. The fourth-order valence-electron chi connectivity index (χ4n) is 3.36. The summed E-state index contributed by atoms with van der Waals surface area (Å²) in [4.78, 5) is 14.7. The second-order valence-corrected chi connectivity index (χ2v) is 6.85. The Morgan fingerprint density at radius 3 is 2.48 bits per heavy atom. The Kier molecular flexibility index (Phi) is 7.08. The maximum Gasteiger partial charge on any atom is 0.224 e. The summed E-state index contributed by atoms with van der Waals surface area (Å²) in [6.45, 7) is 2.37. The van der Waals surface area contributed by atoms with Gasteiger partial charge in [0.2, 0.25) is 5.91 Å². The molecule has 4 nitrogen and oxygen atoms in total. The van der Waals surface area contributed by atoms with E-state index >= 15 is 0 Å². The predicted molar refractivity (Wildman–Crippen MR) is 107 cm³/mol. The second kappa shape index (κ2) is 9.95. The number of ether oxygens (including phenoxy) is 1. The van der Waals surface area contributed by atoms with E-state index in [4.69, 9.17) is 4.74 Å². The molecule has 5 heteroatoms. The molecule has 0 aliphatic carbocycles. The van der Waals surface area contributed by atoms with Gasteiger partial charge in [-0.3, -0.25) is 4.79 Å². The number of carbonyl (C=O) groups excluding carboxylic acids is 1. The Hall–Kier alpha value is -2.56. The Balaban J connectivity index is 1.50. The zero-order valence-corrected chi connectivity index (χ0v) is 15.6. The summed E-state index contributed by atoms with van der Waals surface area (Å²) in [7, 11) is 0. The molecule has 1 aliphatic rings. The van der Waals surface area contributed by atoms with Crippen LogP contribution in [0.3, 0.4) is 0 Å². The van der Waals surface area contributed by atoms with E-state index in [0.29, 0.717) is 19.4 Å². The lowest BCUT2D eigenvalue weighted by Crippen LogP contribution is -2.25. The number of hydrogen-bond acceptors (Lipinski definition) is 3. The molecule has 1 fully saturated rings. The van der Waals surface area contributed by atoms with Gasteiger partial charge in [0.1, 0.15) is 0 Å². The van der Waals surface area contributed by atoms with Gasteiger partial charge in [-0.25, -0.2) is 4.39 Å². The Bertz CT molecular complexity index is 743. The summed E-state index contributed by atoms with van der Waals surface area (Å²) in [6.07, 6.45) is 5.79. The number of nitrogens with one attached hydrogen (secondary N) is 1. The fraction of sp³-hybridized carbons (Fsp3) is 0.409. The summed E-state index contributed by atoms with van der Waals surface area (Å²) in [6, 6.07) is 14.3. The predicted octanol–water partition coefficient (Wildman–Crippen LogP) is 5.00. The second-order valence-electron chi connectivity index (χ2n) is 6.85. The summed E-state index contributed by atoms with van der Waals surface area (Å²) in [5.41, 5.74) is 1.95. The van der Waals surface area contributed by atoms with Crippen LogP contribution in [0.1, 0.15) is 38.5 Å². The minimum atomic E-state index is -0.381. The lowest BCUT2D eigenvalue weighted by molar-refractivity contribution is -0.116. The highest BCUT2D eigenvalue weighted by atomic mass is 19.1. The van der Waals surface area contributed by atoms with Gasteiger partial charge < -0.3 is 15.0 Å². The van der Waals surface area contributed by atoms with E-state index in [1.54, 1.807) is 18.2 Å². The SMILES string of the molecule is O=C(CCCOc1ccccc1F)Nc1ccccc1N1CCCCCC1. The molecule has 0 saturated carbocycles. The highest BCUT2D eigenvalue weighted by Gasteiger charge is 2.14. The maximum absolute atomic E-state index is 13.5. The number of para-hydroxylation sites is 3. The molecule has 27 heavy (non-hydrogen) atoms. The van der Waals surface area contributed by atoms with Crippen LogP contribution in [-0.4, -0.2) is 25.6 Å². The first-order valence-electron chi connectivity index (χ1n) is 9.75. The van der Waals surface area contributed by atoms with Crippen molar-refractivity contribution >= 4 is 17.3 Å². The molecule has 2 aromatic rings. The van der Waals surface area contributed by atoms with Crippen molar-refractivity contribution in [3.63, 3.8) is 0 Å². The van der Waals surface area contributed by atoms with Crippen molar-refractivity contribution < 1.29 is 13.9 Å². The van der Waals surface area contributed by atoms with Gasteiger partial charge in [-0.05, 0) is 43.5 Å². The molecule has 0 radical (unpaired) electrons. The molecule has 1 saturated heterocycles. The normalized spacial score (nSPS) is 14.5. The molecule has 144 valence electrons. The van der Waals surface area contributed by atoms with Crippen LogP contribution in [0.4, 0.5) is 15.8 Å². The standard InChI is InChI=1S/C22H27FN2O2/c23-18-10-3-6-13-21(18)27-17-9-14-22(26)24-19-11-4-5-12-20(19)25-15-7-1-2-8-16-25/h3-6,10-13H,1-2,7-9,14-17H2,(H,24,26). The van der Waals surface area contributed by atoms with E-state index in [-0.39, 0.29) is 17.5 Å². The van der Waals surface area contributed by atoms with Crippen LogP contribution in [-0.2, 0) is 4.79 Å². The average Bonchev–Trinajstić information content (AvgIpc) is 2.96. The molecular weight excluding hydrogens is 343 g/mol. The average molecular weight is 370 g/mol. The first kappa shape index (κ1) is 19.2. The maximum atomic E-state index is 13.5. The van der Waals surface area contributed by atoms with Crippen LogP contribution >= 0.6 is 0 Å². The van der Waals surface area contributed by atoms with Crippen molar-refractivity contribution in [1.29, 1.82) is 0 Å². The summed E-state index contributed by atoms with van der Waals surface area (Å²) in [5, 5.41) is 3.03. The molecule has 1 N–H and O–H groups in total. The van der Waals surface area contributed by atoms with Gasteiger partial charge in [0.15, 0.2) is 11.6 Å². The third-order valence-electron chi connectivity index (χ3n) is 4.77. The smallest absolute Gasteiger partial charge is 0.224 e. The Morgan fingerprint density at radius 1 is 1.00 bits per heavy atom. The van der Waals surface area contributed by atoms with Crippen molar-refractivity contribution in [3.8, 4) is 5.75 Å². The highest BCUT2D eigenvalue weighted by molar-refractivity contribution is 5.94. The topological polar surface area (TPSA) is 41.6 Å². The number of anilines is 2. The lowest BCUT2D eigenvalue weighted by Gasteiger charge is -2.25. The van der Waals surface area contributed by atoms with E-state index in [9.17, 15) is 9.18 Å². The van der Waals surface area contributed by atoms with E-state index < -0.39 is 0 Å². The first-order valence-corrected chi connectivity index (χ1v) is 9.75. The molecule has 1 amide bonds. The quantitative estimate of drug-likeness (QED) is 0.697. The van der Waals surface area contributed by atoms with Crippen LogP contribution in [0, 0.1) is 5.82 Å². The molecule has 0 atom stereocenters. The number of nitrogens with zero attached hydrogens (tertiary/aromatic N) is 1. The summed E-state index contributed by atoms with van der Waals surface area (Å²) < 4.78 is 18.9. The van der Waals surface area contributed by atoms with Gasteiger partial charge in [0.05, 0.1) is 18.0 Å². The molecule has 0 aromatic heterocycles. The zero-order chi connectivity index (χ0) is 18.9. The van der Waals surface area contributed by atoms with Crippen LogP contribution < -0.4 is 15.0 Å². The number of halogens is 1. The number of benzene rings is 2. The molecule has 2 aromatic carbocycles. The van der Waals surface area contributed by atoms with Gasteiger partial charge in [-0.2, -0.15) is 0 Å². The van der Waals surface area contributed by atoms with E-state index in [0.717, 1.165) is 24.5 Å². The fourth-order valence-corrected chi connectivity index (χ4v) is 3.36. The van der Waals surface area contributed by atoms with Gasteiger partial charge in [0, 0.05) is 19.5 Å². The summed E-state index contributed by atoms with van der Waals surface area (Å²) in [5.74, 6) is -0.202. The highest BCUT2D eigenvalue weighted by Crippen LogP contribution is 2.28. The van der Waals surface area contributed by atoms with Gasteiger partial charge in [-0.1, -0.05) is 37.1 Å². The largest absolute Gasteiger partial charge is 0.491 e. The van der Waals surface area contributed by atoms with Crippen molar-refractivity contribution in [3.05, 3.63) is 54.3 Å². The van der Waals surface area contributed by atoms with Crippen LogP contribution in [0.2, 0.25) is 0 Å². The van der Waals surface area contributed by atoms with Crippen molar-refractivity contribution in [2.45, 2.75) is 38.5 Å². The van der Waals surface area contributed by atoms with Gasteiger partial charge in [-0.15, -0.1) is 0 Å².